The molecular formula is C5H12N2O. The zero-order chi connectivity index (χ0) is 6.04. The topological polar surface area (TPSA) is 33.3 Å². The van der Waals surface area contributed by atoms with E-state index in [1.807, 2.05) is 0 Å². The quantitative estimate of drug-likeness (QED) is 0.461. The Hall–Kier alpha value is -0.120. The molecule has 0 radical (unpaired) electrons. The zero-order valence-electron chi connectivity index (χ0n) is 5.32. The fourth-order valence-corrected chi connectivity index (χ4v) is 0.609. The Labute approximate surface area is 49.4 Å². The van der Waals surface area contributed by atoms with E-state index in [-0.39, 0.29) is 5.60 Å². The largest absolute Gasteiger partial charge is 0.358 e. The summed E-state index contributed by atoms with van der Waals surface area (Å²) in [5, 5.41) is 0. The smallest absolute Gasteiger partial charge is 0.110 e. The third-order valence-electron chi connectivity index (χ3n) is 1.17. The molecule has 0 aliphatic carbocycles. The molecular weight excluding hydrogens is 104 g/mol. The van der Waals surface area contributed by atoms with Crippen LogP contribution in [0.3, 0.4) is 0 Å². The molecule has 0 aromatic rings. The van der Waals surface area contributed by atoms with Crippen LogP contribution in [0.5, 0.6) is 0 Å². The van der Waals surface area contributed by atoms with Crippen molar-refractivity contribution < 1.29 is 4.74 Å². The molecule has 0 bridgehead atoms. The molecule has 0 spiro atoms. The van der Waals surface area contributed by atoms with Gasteiger partial charge in [-0.05, 0) is 13.8 Å². The lowest BCUT2D eigenvalue weighted by Crippen LogP contribution is -2.52. The van der Waals surface area contributed by atoms with E-state index in [4.69, 9.17) is 4.74 Å². The van der Waals surface area contributed by atoms with E-state index in [1.54, 1.807) is 0 Å². The minimum atomic E-state index is 0.00521. The van der Waals surface area contributed by atoms with Crippen molar-refractivity contribution in [3.05, 3.63) is 0 Å². The van der Waals surface area contributed by atoms with Gasteiger partial charge >= 0.3 is 0 Å². The predicted octanol–water partition coefficient (Wildman–Crippen LogP) is -0.153. The van der Waals surface area contributed by atoms with Crippen molar-refractivity contribution >= 4 is 0 Å². The molecule has 8 heavy (non-hydrogen) atoms. The van der Waals surface area contributed by atoms with E-state index in [1.165, 1.54) is 0 Å². The van der Waals surface area contributed by atoms with Gasteiger partial charge in [-0.1, -0.05) is 0 Å². The van der Waals surface area contributed by atoms with Crippen LogP contribution < -0.4 is 10.9 Å². The van der Waals surface area contributed by atoms with Gasteiger partial charge in [0, 0.05) is 6.54 Å². The standard InChI is InChI=1S/C5H12N2O/c1-5(2)3-6-7-4-8-5/h6-7H,3-4H2,1-2H3. The van der Waals surface area contributed by atoms with Gasteiger partial charge < -0.3 is 4.74 Å². The maximum absolute atomic E-state index is 5.29. The van der Waals surface area contributed by atoms with E-state index < -0.39 is 0 Å². The van der Waals surface area contributed by atoms with Crippen LogP contribution in [0.25, 0.3) is 0 Å². The van der Waals surface area contributed by atoms with E-state index in [0.717, 1.165) is 6.54 Å². The van der Waals surface area contributed by atoms with E-state index in [0.29, 0.717) is 6.73 Å². The van der Waals surface area contributed by atoms with E-state index in [2.05, 4.69) is 24.7 Å². The second-order valence-electron chi connectivity index (χ2n) is 2.58. The summed E-state index contributed by atoms with van der Waals surface area (Å²) >= 11 is 0. The molecule has 1 heterocycles. The average Bonchev–Trinajstić information content (AvgIpc) is 1.65. The molecule has 1 fully saturated rings. The summed E-state index contributed by atoms with van der Waals surface area (Å²) in [5.74, 6) is 0. The monoisotopic (exact) mass is 116 g/mol. The second kappa shape index (κ2) is 2.01. The van der Waals surface area contributed by atoms with E-state index in [9.17, 15) is 0 Å². The van der Waals surface area contributed by atoms with Gasteiger partial charge in [0.15, 0.2) is 0 Å². The molecule has 1 aliphatic rings. The van der Waals surface area contributed by atoms with Crippen LogP contribution in [0.1, 0.15) is 13.8 Å². The number of rotatable bonds is 0. The summed E-state index contributed by atoms with van der Waals surface area (Å²) in [4.78, 5) is 0. The van der Waals surface area contributed by atoms with E-state index >= 15 is 0 Å². The molecule has 0 aromatic heterocycles. The van der Waals surface area contributed by atoms with Crippen molar-refractivity contribution in [2.24, 2.45) is 0 Å². The average molecular weight is 116 g/mol. The van der Waals surface area contributed by atoms with Crippen LogP contribution in [-0.2, 0) is 4.74 Å². The first-order valence-corrected chi connectivity index (χ1v) is 2.80. The molecule has 0 saturated carbocycles. The minimum absolute atomic E-state index is 0.00521. The summed E-state index contributed by atoms with van der Waals surface area (Å²) in [6.07, 6.45) is 0. The normalized spacial score (nSPS) is 27.8. The summed E-state index contributed by atoms with van der Waals surface area (Å²) < 4.78 is 5.29. The number of ether oxygens (including phenoxy) is 1. The first-order chi connectivity index (χ1) is 3.71. The Balaban J connectivity index is 2.33. The van der Waals surface area contributed by atoms with Crippen molar-refractivity contribution in [1.82, 2.24) is 10.9 Å². The van der Waals surface area contributed by atoms with Gasteiger partial charge in [0.05, 0.1) is 5.60 Å². The summed E-state index contributed by atoms with van der Waals surface area (Å²) in [6, 6.07) is 0. The molecule has 1 rings (SSSR count). The Morgan fingerprint density at radius 1 is 1.38 bits per heavy atom. The number of hydrogen-bond acceptors (Lipinski definition) is 3. The Morgan fingerprint density at radius 3 is 2.38 bits per heavy atom. The van der Waals surface area contributed by atoms with Gasteiger partial charge in [0.25, 0.3) is 0 Å². The second-order valence-corrected chi connectivity index (χ2v) is 2.58. The van der Waals surface area contributed by atoms with Gasteiger partial charge in [-0.15, -0.1) is 0 Å². The fourth-order valence-electron chi connectivity index (χ4n) is 0.609. The molecule has 3 nitrogen and oxygen atoms in total. The lowest BCUT2D eigenvalue weighted by molar-refractivity contribution is -0.0637. The molecule has 3 heteroatoms. The molecule has 2 N–H and O–H groups in total. The third-order valence-corrected chi connectivity index (χ3v) is 1.17. The van der Waals surface area contributed by atoms with Gasteiger partial charge in [-0.2, -0.15) is 0 Å². The first-order valence-electron chi connectivity index (χ1n) is 2.80. The van der Waals surface area contributed by atoms with Crippen LogP contribution in [-0.4, -0.2) is 18.9 Å². The fraction of sp³-hybridized carbons (Fsp3) is 1.00. The predicted molar refractivity (Wildman–Crippen MR) is 31.2 cm³/mol. The Kier molecular flexibility index (Phi) is 1.51. The first kappa shape index (κ1) is 6.01. The van der Waals surface area contributed by atoms with Gasteiger partial charge in [0.2, 0.25) is 0 Å². The Morgan fingerprint density at radius 2 is 2.12 bits per heavy atom. The summed E-state index contributed by atoms with van der Waals surface area (Å²) in [6.45, 7) is 5.58. The van der Waals surface area contributed by atoms with Crippen LogP contribution >= 0.6 is 0 Å². The molecule has 48 valence electrons. The highest BCUT2D eigenvalue weighted by atomic mass is 16.5. The van der Waals surface area contributed by atoms with Crippen molar-refractivity contribution in [3.63, 3.8) is 0 Å². The molecule has 0 unspecified atom stereocenters. The highest BCUT2D eigenvalue weighted by Crippen LogP contribution is 2.07. The molecule has 1 aliphatic heterocycles. The highest BCUT2D eigenvalue weighted by Gasteiger charge is 2.20. The molecule has 0 atom stereocenters. The lowest BCUT2D eigenvalue weighted by atomic mass is 10.1. The van der Waals surface area contributed by atoms with Gasteiger partial charge in [-0.25, -0.2) is 5.43 Å². The van der Waals surface area contributed by atoms with Gasteiger partial charge in [-0.3, -0.25) is 5.43 Å². The molecule has 1 saturated heterocycles. The van der Waals surface area contributed by atoms with Crippen molar-refractivity contribution in [1.29, 1.82) is 0 Å². The maximum Gasteiger partial charge on any atom is 0.110 e. The van der Waals surface area contributed by atoms with Crippen molar-refractivity contribution in [2.45, 2.75) is 19.4 Å². The number of hydrogen-bond donors (Lipinski definition) is 2. The summed E-state index contributed by atoms with van der Waals surface area (Å²) in [7, 11) is 0. The van der Waals surface area contributed by atoms with Crippen LogP contribution in [0.15, 0.2) is 0 Å². The van der Waals surface area contributed by atoms with Crippen molar-refractivity contribution in [2.75, 3.05) is 13.3 Å². The lowest BCUT2D eigenvalue weighted by Gasteiger charge is -2.30. The van der Waals surface area contributed by atoms with Crippen LogP contribution in [0, 0.1) is 0 Å². The van der Waals surface area contributed by atoms with Crippen LogP contribution in [0.4, 0.5) is 0 Å². The number of nitrogens with one attached hydrogen (secondary N) is 2. The van der Waals surface area contributed by atoms with Crippen molar-refractivity contribution in [3.8, 4) is 0 Å². The van der Waals surface area contributed by atoms with Gasteiger partial charge in [0.1, 0.15) is 6.73 Å². The SMILES string of the molecule is CC1(C)CNNCO1. The maximum atomic E-state index is 5.29. The summed E-state index contributed by atoms with van der Waals surface area (Å²) in [5.41, 5.74) is 5.87. The molecule has 0 amide bonds. The Bertz CT molecular complexity index is 74.5. The number of hydrazine groups is 1. The minimum Gasteiger partial charge on any atom is -0.358 e. The zero-order valence-corrected chi connectivity index (χ0v) is 5.32. The highest BCUT2D eigenvalue weighted by molar-refractivity contribution is 4.72. The van der Waals surface area contributed by atoms with Crippen LogP contribution in [0.2, 0.25) is 0 Å². The molecule has 0 aromatic carbocycles. The third kappa shape index (κ3) is 1.43.